The van der Waals surface area contributed by atoms with Crippen molar-refractivity contribution in [3.05, 3.63) is 29.8 Å². The lowest BCUT2D eigenvalue weighted by atomic mass is 9.94. The fourth-order valence-corrected chi connectivity index (χ4v) is 5.76. The van der Waals surface area contributed by atoms with E-state index in [0.29, 0.717) is 43.6 Å². The molecule has 3 N–H and O–H groups in total. The Hall–Kier alpha value is -1.42. The number of aliphatic carboxylic acids is 1. The third-order valence-electron chi connectivity index (χ3n) is 5.70. The maximum atomic E-state index is 12.9. The number of carbonyl (C=O) groups is 2. The van der Waals surface area contributed by atoms with Crippen LogP contribution in [0.2, 0.25) is 0 Å². The minimum absolute atomic E-state index is 0.0667. The van der Waals surface area contributed by atoms with Crippen LogP contribution in [-0.2, 0) is 14.3 Å². The molecule has 1 unspecified atom stereocenters. The van der Waals surface area contributed by atoms with Gasteiger partial charge in [0.1, 0.15) is 0 Å². The Bertz CT molecular complexity index is 764. The Labute approximate surface area is 232 Å². The van der Waals surface area contributed by atoms with Crippen molar-refractivity contribution < 1.29 is 24.2 Å². The Morgan fingerprint density at radius 3 is 2.41 bits per heavy atom. The fraction of sp³-hybridized carbons (Fsp3) is 0.714. The fourth-order valence-electron chi connectivity index (χ4n) is 3.63. The molecule has 0 heterocycles. The molecule has 0 radical (unpaired) electrons. The molecule has 1 amide bonds. The SMILES string of the molecule is COCC(C)COCC(C)(C)CNC(=O)c1ccccc1NCCCCCCCCSSCCC(=O)O. The van der Waals surface area contributed by atoms with E-state index in [1.54, 1.807) is 28.7 Å². The standard InChI is InChI=1S/C28H48N2O5S2/c1-23(19-34-4)20-35-22-28(2,3)21-30-27(33)24-13-9-10-14-25(24)29-16-11-7-5-6-8-12-17-36-37-18-15-26(31)32/h9-10,13-14,23,29H,5-8,11-12,15-22H2,1-4H3,(H,30,33)(H,31,32). The number of methoxy groups -OCH3 is 1. The zero-order chi connectivity index (χ0) is 27.4. The Balaban J connectivity index is 2.22. The molecule has 1 aromatic carbocycles. The Morgan fingerprint density at radius 2 is 1.68 bits per heavy atom. The van der Waals surface area contributed by atoms with Crippen LogP contribution in [0.25, 0.3) is 0 Å². The van der Waals surface area contributed by atoms with Crippen LogP contribution in [0.15, 0.2) is 24.3 Å². The summed E-state index contributed by atoms with van der Waals surface area (Å²) in [6.07, 6.45) is 7.31. The van der Waals surface area contributed by atoms with Gasteiger partial charge in [-0.25, -0.2) is 0 Å². The number of unbranched alkanes of at least 4 members (excludes halogenated alkanes) is 5. The number of amides is 1. The summed E-state index contributed by atoms with van der Waals surface area (Å²) >= 11 is 0. The van der Waals surface area contributed by atoms with E-state index in [2.05, 4.69) is 31.4 Å². The van der Waals surface area contributed by atoms with E-state index in [1.807, 2.05) is 24.3 Å². The lowest BCUT2D eigenvalue weighted by Crippen LogP contribution is -2.37. The van der Waals surface area contributed by atoms with Gasteiger partial charge in [-0.3, -0.25) is 9.59 Å². The predicted octanol–water partition coefficient (Wildman–Crippen LogP) is 6.35. The van der Waals surface area contributed by atoms with Gasteiger partial charge in [-0.15, -0.1) is 0 Å². The molecule has 0 fully saturated rings. The summed E-state index contributed by atoms with van der Waals surface area (Å²) in [5, 5.41) is 15.1. The van der Waals surface area contributed by atoms with Crippen LogP contribution < -0.4 is 10.6 Å². The molecule has 1 aromatic rings. The number of rotatable bonds is 23. The van der Waals surface area contributed by atoms with Crippen molar-refractivity contribution in [3.8, 4) is 0 Å². The van der Waals surface area contributed by atoms with Crippen molar-refractivity contribution in [2.45, 2.75) is 65.7 Å². The van der Waals surface area contributed by atoms with Crippen molar-refractivity contribution in [3.63, 3.8) is 0 Å². The number of hydrogen-bond acceptors (Lipinski definition) is 7. The number of carboxylic acids is 1. The average molecular weight is 557 g/mol. The van der Waals surface area contributed by atoms with Crippen molar-refractivity contribution in [2.24, 2.45) is 11.3 Å². The molecule has 0 bridgehead atoms. The molecule has 212 valence electrons. The number of nitrogens with one attached hydrogen (secondary N) is 2. The zero-order valence-corrected chi connectivity index (χ0v) is 24.8. The molecule has 1 atom stereocenters. The van der Waals surface area contributed by atoms with Gasteiger partial charge in [0.15, 0.2) is 0 Å². The normalized spacial score (nSPS) is 12.3. The monoisotopic (exact) mass is 556 g/mol. The van der Waals surface area contributed by atoms with Crippen LogP contribution in [0.5, 0.6) is 0 Å². The van der Waals surface area contributed by atoms with E-state index in [0.717, 1.165) is 24.4 Å². The summed E-state index contributed by atoms with van der Waals surface area (Å²) in [5.41, 5.74) is 1.38. The molecular formula is C28H48N2O5S2. The molecule has 0 aromatic heterocycles. The van der Waals surface area contributed by atoms with E-state index in [1.165, 1.54) is 32.1 Å². The average Bonchev–Trinajstić information content (AvgIpc) is 2.85. The van der Waals surface area contributed by atoms with Gasteiger partial charge < -0.3 is 25.2 Å². The first kappa shape index (κ1) is 33.6. The second-order valence-corrected chi connectivity index (χ2v) is 13.0. The topological polar surface area (TPSA) is 96.9 Å². The van der Waals surface area contributed by atoms with Crippen LogP contribution in [0, 0.1) is 11.3 Å². The number of ether oxygens (including phenoxy) is 2. The number of benzene rings is 1. The summed E-state index contributed by atoms with van der Waals surface area (Å²) in [7, 11) is 5.13. The number of carbonyl (C=O) groups excluding carboxylic acids is 1. The van der Waals surface area contributed by atoms with E-state index >= 15 is 0 Å². The van der Waals surface area contributed by atoms with Crippen molar-refractivity contribution in [1.29, 1.82) is 0 Å². The minimum Gasteiger partial charge on any atom is -0.481 e. The van der Waals surface area contributed by atoms with Crippen molar-refractivity contribution >= 4 is 39.2 Å². The largest absolute Gasteiger partial charge is 0.481 e. The molecule has 0 saturated heterocycles. The summed E-state index contributed by atoms with van der Waals surface area (Å²) in [6.45, 7) is 9.57. The van der Waals surface area contributed by atoms with Crippen LogP contribution in [-0.4, -0.2) is 68.5 Å². The molecule has 0 spiro atoms. The maximum Gasteiger partial charge on any atom is 0.304 e. The van der Waals surface area contributed by atoms with E-state index in [4.69, 9.17) is 14.6 Å². The third-order valence-corrected chi connectivity index (χ3v) is 8.19. The van der Waals surface area contributed by atoms with Gasteiger partial charge in [-0.2, -0.15) is 0 Å². The molecule has 0 saturated carbocycles. The molecular weight excluding hydrogens is 508 g/mol. The van der Waals surface area contributed by atoms with Gasteiger partial charge in [0.2, 0.25) is 0 Å². The van der Waals surface area contributed by atoms with Crippen LogP contribution in [0.4, 0.5) is 5.69 Å². The van der Waals surface area contributed by atoms with Crippen LogP contribution in [0.3, 0.4) is 0 Å². The second kappa shape index (κ2) is 20.5. The van der Waals surface area contributed by atoms with Gasteiger partial charge in [-0.05, 0) is 25.0 Å². The van der Waals surface area contributed by atoms with Gasteiger partial charge >= 0.3 is 5.97 Å². The Morgan fingerprint density at radius 1 is 1.00 bits per heavy atom. The molecule has 0 aliphatic carbocycles. The molecule has 37 heavy (non-hydrogen) atoms. The van der Waals surface area contributed by atoms with Gasteiger partial charge in [-0.1, -0.05) is 80.2 Å². The minimum atomic E-state index is -0.723. The highest BCUT2D eigenvalue weighted by atomic mass is 33.1. The summed E-state index contributed by atoms with van der Waals surface area (Å²) < 4.78 is 11.0. The second-order valence-electron chi connectivity index (χ2n) is 10.3. The third kappa shape index (κ3) is 17.7. The quantitative estimate of drug-likeness (QED) is 0.106. The highest BCUT2D eigenvalue weighted by Crippen LogP contribution is 2.24. The highest BCUT2D eigenvalue weighted by Gasteiger charge is 2.21. The summed E-state index contributed by atoms with van der Waals surface area (Å²) in [5.74, 6) is 1.32. The van der Waals surface area contributed by atoms with E-state index in [9.17, 15) is 9.59 Å². The molecule has 9 heteroatoms. The summed E-state index contributed by atoms with van der Waals surface area (Å²) in [6, 6.07) is 7.68. The number of hydrogen-bond donors (Lipinski definition) is 3. The highest BCUT2D eigenvalue weighted by molar-refractivity contribution is 8.76. The van der Waals surface area contributed by atoms with Crippen molar-refractivity contribution in [2.75, 3.05) is 56.8 Å². The Kier molecular flexibility index (Phi) is 18.6. The van der Waals surface area contributed by atoms with E-state index in [-0.39, 0.29) is 17.7 Å². The number of anilines is 1. The summed E-state index contributed by atoms with van der Waals surface area (Å²) in [4.78, 5) is 23.4. The molecule has 0 aliphatic rings. The zero-order valence-electron chi connectivity index (χ0n) is 23.2. The van der Waals surface area contributed by atoms with Gasteiger partial charge in [0, 0.05) is 48.7 Å². The van der Waals surface area contributed by atoms with Crippen LogP contribution >= 0.6 is 21.6 Å². The lowest BCUT2D eigenvalue weighted by Gasteiger charge is -2.26. The number of carboxylic acid groups (broad SMARTS) is 1. The maximum absolute atomic E-state index is 12.9. The smallest absolute Gasteiger partial charge is 0.304 e. The molecule has 0 aliphatic heterocycles. The lowest BCUT2D eigenvalue weighted by molar-refractivity contribution is -0.136. The van der Waals surface area contributed by atoms with Crippen LogP contribution in [0.1, 0.15) is 76.1 Å². The number of para-hydroxylation sites is 1. The van der Waals surface area contributed by atoms with Gasteiger partial charge in [0.05, 0.1) is 31.8 Å². The first-order valence-corrected chi connectivity index (χ1v) is 15.9. The van der Waals surface area contributed by atoms with E-state index < -0.39 is 5.97 Å². The first-order valence-electron chi connectivity index (χ1n) is 13.4. The predicted molar refractivity (Wildman–Crippen MR) is 158 cm³/mol. The molecule has 7 nitrogen and oxygen atoms in total. The van der Waals surface area contributed by atoms with Crippen molar-refractivity contribution in [1.82, 2.24) is 5.32 Å². The molecule has 1 rings (SSSR count). The van der Waals surface area contributed by atoms with Gasteiger partial charge in [0.25, 0.3) is 5.91 Å². The first-order chi connectivity index (χ1) is 17.7.